The van der Waals surface area contributed by atoms with Crippen molar-refractivity contribution in [3.05, 3.63) is 24.3 Å². The monoisotopic (exact) mass is 238 g/mol. The van der Waals surface area contributed by atoms with Crippen molar-refractivity contribution < 1.29 is 5.11 Å². The van der Waals surface area contributed by atoms with Gasteiger partial charge in [0.05, 0.1) is 6.10 Å². The number of hydrogen-bond acceptors (Lipinski definition) is 3. The van der Waals surface area contributed by atoms with Crippen LogP contribution in [0.4, 0.5) is 11.4 Å². The van der Waals surface area contributed by atoms with Gasteiger partial charge in [-0.05, 0) is 31.2 Å². The fourth-order valence-electron chi connectivity index (χ4n) is 0.867. The van der Waals surface area contributed by atoms with Gasteiger partial charge in [0.1, 0.15) is 0 Å². The van der Waals surface area contributed by atoms with Crippen molar-refractivity contribution in [1.29, 1.82) is 0 Å². The number of halogens is 2. The number of benzene rings is 1. The zero-order valence-electron chi connectivity index (χ0n) is 7.93. The molecule has 0 aromatic heterocycles. The van der Waals surface area contributed by atoms with Gasteiger partial charge in [-0.25, -0.2) is 0 Å². The van der Waals surface area contributed by atoms with Crippen LogP contribution in [0.5, 0.6) is 0 Å². The normalized spacial score (nSPS) is 10.7. The Morgan fingerprint density at radius 2 is 1.79 bits per heavy atom. The SMILES string of the molecule is CC(O)CNc1ccc(N)cc1.Cl.Cl. The van der Waals surface area contributed by atoms with Crippen molar-refractivity contribution in [2.45, 2.75) is 13.0 Å². The van der Waals surface area contributed by atoms with E-state index < -0.39 is 0 Å². The van der Waals surface area contributed by atoms with Crippen LogP contribution in [-0.4, -0.2) is 17.8 Å². The van der Waals surface area contributed by atoms with E-state index in [0.717, 1.165) is 11.4 Å². The number of aliphatic hydroxyl groups excluding tert-OH is 1. The number of aliphatic hydroxyl groups is 1. The molecule has 0 aliphatic heterocycles. The van der Waals surface area contributed by atoms with E-state index in [0.29, 0.717) is 6.54 Å². The Morgan fingerprint density at radius 3 is 2.21 bits per heavy atom. The summed E-state index contributed by atoms with van der Waals surface area (Å²) < 4.78 is 0. The Labute approximate surface area is 96.5 Å². The van der Waals surface area contributed by atoms with Crippen LogP contribution in [0.2, 0.25) is 0 Å². The molecule has 0 fully saturated rings. The van der Waals surface area contributed by atoms with Crippen molar-refractivity contribution in [3.8, 4) is 0 Å². The third-order valence-corrected chi connectivity index (χ3v) is 1.51. The van der Waals surface area contributed by atoms with Crippen molar-refractivity contribution in [2.24, 2.45) is 0 Å². The van der Waals surface area contributed by atoms with E-state index in [1.54, 1.807) is 6.92 Å². The minimum absolute atomic E-state index is 0. The molecule has 0 radical (unpaired) electrons. The molecule has 0 aliphatic rings. The van der Waals surface area contributed by atoms with E-state index in [1.165, 1.54) is 0 Å². The molecule has 0 spiro atoms. The molecule has 1 unspecified atom stereocenters. The van der Waals surface area contributed by atoms with Gasteiger partial charge in [-0.3, -0.25) is 0 Å². The lowest BCUT2D eigenvalue weighted by Gasteiger charge is -2.07. The molecule has 1 rings (SSSR count). The Morgan fingerprint density at radius 1 is 1.29 bits per heavy atom. The van der Waals surface area contributed by atoms with Crippen LogP contribution in [0.3, 0.4) is 0 Å². The lowest BCUT2D eigenvalue weighted by atomic mass is 10.3. The molecule has 5 heteroatoms. The van der Waals surface area contributed by atoms with Gasteiger partial charge in [0.15, 0.2) is 0 Å². The highest BCUT2D eigenvalue weighted by atomic mass is 35.5. The molecule has 0 aliphatic carbocycles. The number of anilines is 2. The average Bonchev–Trinajstić information content (AvgIpc) is 2.03. The molecule has 0 bridgehead atoms. The standard InChI is InChI=1S/C9H14N2O.2ClH/c1-7(12)6-11-9-4-2-8(10)3-5-9;;/h2-5,7,11-12H,6,10H2,1H3;2*1H. The molecule has 0 heterocycles. The highest BCUT2D eigenvalue weighted by Gasteiger charge is 1.94. The zero-order chi connectivity index (χ0) is 8.97. The largest absolute Gasteiger partial charge is 0.399 e. The van der Waals surface area contributed by atoms with Gasteiger partial charge in [0.2, 0.25) is 0 Å². The predicted octanol–water partition coefficient (Wildman–Crippen LogP) is 1.91. The van der Waals surface area contributed by atoms with Crippen LogP contribution in [0.15, 0.2) is 24.3 Å². The molecule has 4 N–H and O–H groups in total. The smallest absolute Gasteiger partial charge is 0.0684 e. The summed E-state index contributed by atoms with van der Waals surface area (Å²) in [5.41, 5.74) is 7.23. The molecule has 0 saturated carbocycles. The third-order valence-electron chi connectivity index (χ3n) is 1.51. The van der Waals surface area contributed by atoms with Gasteiger partial charge >= 0.3 is 0 Å². The van der Waals surface area contributed by atoms with E-state index >= 15 is 0 Å². The van der Waals surface area contributed by atoms with Gasteiger partial charge in [-0.2, -0.15) is 0 Å². The van der Waals surface area contributed by atoms with Gasteiger partial charge in [-0.1, -0.05) is 0 Å². The molecule has 14 heavy (non-hydrogen) atoms. The second-order valence-electron chi connectivity index (χ2n) is 2.85. The third kappa shape index (κ3) is 5.91. The quantitative estimate of drug-likeness (QED) is 0.706. The van der Waals surface area contributed by atoms with E-state index in [-0.39, 0.29) is 30.9 Å². The van der Waals surface area contributed by atoms with Gasteiger partial charge in [0.25, 0.3) is 0 Å². The van der Waals surface area contributed by atoms with E-state index in [9.17, 15) is 0 Å². The van der Waals surface area contributed by atoms with Crippen molar-refractivity contribution in [2.75, 3.05) is 17.6 Å². The van der Waals surface area contributed by atoms with Crippen LogP contribution in [0.1, 0.15) is 6.92 Å². The topological polar surface area (TPSA) is 58.3 Å². The Balaban J connectivity index is 0. The maximum atomic E-state index is 8.98. The maximum Gasteiger partial charge on any atom is 0.0684 e. The van der Waals surface area contributed by atoms with Gasteiger partial charge in [-0.15, -0.1) is 24.8 Å². The van der Waals surface area contributed by atoms with Crippen LogP contribution in [-0.2, 0) is 0 Å². The number of rotatable bonds is 3. The minimum atomic E-state index is -0.331. The molecule has 3 nitrogen and oxygen atoms in total. The predicted molar refractivity (Wildman–Crippen MR) is 65.5 cm³/mol. The number of nitrogens with two attached hydrogens (primary N) is 1. The lowest BCUT2D eigenvalue weighted by Crippen LogP contribution is -2.15. The summed E-state index contributed by atoms with van der Waals surface area (Å²) in [5.74, 6) is 0. The van der Waals surface area contributed by atoms with Crippen molar-refractivity contribution >= 4 is 36.2 Å². The summed E-state index contributed by atoms with van der Waals surface area (Å²) in [6, 6.07) is 7.42. The van der Waals surface area contributed by atoms with Crippen LogP contribution < -0.4 is 11.1 Å². The molecule has 1 aromatic rings. The molecular formula is C9H16Cl2N2O. The summed E-state index contributed by atoms with van der Waals surface area (Å²) in [4.78, 5) is 0. The van der Waals surface area contributed by atoms with Crippen LogP contribution >= 0.6 is 24.8 Å². The molecule has 0 amide bonds. The fourth-order valence-corrected chi connectivity index (χ4v) is 0.867. The molecule has 1 atom stereocenters. The van der Waals surface area contributed by atoms with Crippen molar-refractivity contribution in [1.82, 2.24) is 0 Å². The lowest BCUT2D eigenvalue weighted by molar-refractivity contribution is 0.208. The Bertz CT molecular complexity index is 239. The number of hydrogen-bond donors (Lipinski definition) is 3. The summed E-state index contributed by atoms with van der Waals surface area (Å²) in [7, 11) is 0. The molecule has 82 valence electrons. The first-order valence-corrected chi connectivity index (χ1v) is 3.96. The second kappa shape index (κ2) is 7.74. The van der Waals surface area contributed by atoms with Crippen LogP contribution in [0, 0.1) is 0 Å². The highest BCUT2D eigenvalue weighted by molar-refractivity contribution is 5.85. The number of nitrogens with one attached hydrogen (secondary N) is 1. The maximum absolute atomic E-state index is 8.98. The first-order valence-electron chi connectivity index (χ1n) is 3.96. The van der Waals surface area contributed by atoms with Crippen molar-refractivity contribution in [3.63, 3.8) is 0 Å². The first-order chi connectivity index (χ1) is 5.68. The second-order valence-corrected chi connectivity index (χ2v) is 2.85. The van der Waals surface area contributed by atoms with E-state index in [4.69, 9.17) is 10.8 Å². The molecule has 1 aromatic carbocycles. The Hall–Kier alpha value is -0.640. The average molecular weight is 239 g/mol. The van der Waals surface area contributed by atoms with E-state index in [1.807, 2.05) is 24.3 Å². The summed E-state index contributed by atoms with van der Waals surface area (Å²) >= 11 is 0. The zero-order valence-corrected chi connectivity index (χ0v) is 9.57. The first kappa shape index (κ1) is 15.8. The highest BCUT2D eigenvalue weighted by Crippen LogP contribution is 2.09. The molecular weight excluding hydrogens is 223 g/mol. The van der Waals surface area contributed by atoms with Gasteiger partial charge < -0.3 is 16.2 Å². The minimum Gasteiger partial charge on any atom is -0.399 e. The van der Waals surface area contributed by atoms with E-state index in [2.05, 4.69) is 5.32 Å². The molecule has 0 saturated heterocycles. The number of nitrogen functional groups attached to an aromatic ring is 1. The summed E-state index contributed by atoms with van der Waals surface area (Å²) in [5, 5.41) is 12.0. The van der Waals surface area contributed by atoms with Crippen LogP contribution in [0.25, 0.3) is 0 Å². The fraction of sp³-hybridized carbons (Fsp3) is 0.333. The van der Waals surface area contributed by atoms with Gasteiger partial charge in [0, 0.05) is 17.9 Å². The summed E-state index contributed by atoms with van der Waals surface area (Å²) in [6.45, 7) is 2.30. The summed E-state index contributed by atoms with van der Waals surface area (Å²) in [6.07, 6.45) is -0.331. The Kier molecular flexibility index (Phi) is 8.74.